The first-order chi connectivity index (χ1) is 8.76. The normalized spacial score (nSPS) is 19.6. The molecule has 1 saturated heterocycles. The van der Waals surface area contributed by atoms with Crippen molar-refractivity contribution >= 4 is 5.91 Å². The molecule has 18 heavy (non-hydrogen) atoms. The van der Waals surface area contributed by atoms with Gasteiger partial charge in [0.15, 0.2) is 0 Å². The Morgan fingerprint density at radius 1 is 1.61 bits per heavy atom. The molecule has 2 N–H and O–H groups in total. The van der Waals surface area contributed by atoms with Crippen LogP contribution in [0.3, 0.4) is 0 Å². The van der Waals surface area contributed by atoms with Gasteiger partial charge in [0.05, 0.1) is 5.56 Å². The van der Waals surface area contributed by atoms with E-state index >= 15 is 0 Å². The number of aliphatic hydroxyl groups is 1. The summed E-state index contributed by atoms with van der Waals surface area (Å²) in [4.78, 5) is 17.0. The lowest BCUT2D eigenvalue weighted by molar-refractivity contribution is 0.0569. The molecule has 0 radical (unpaired) electrons. The molecular formula is C13H17N3O2. The van der Waals surface area contributed by atoms with Gasteiger partial charge in [0.2, 0.25) is 0 Å². The molecule has 1 fully saturated rings. The number of carbonyl (C=O) groups excluding carboxylic acids is 1. The number of carbonyl (C=O) groups is 1. The van der Waals surface area contributed by atoms with Gasteiger partial charge in [-0.2, -0.15) is 5.26 Å². The molecule has 0 aromatic carbocycles. The number of piperidine rings is 1. The number of aromatic amines is 1. The molecule has 0 saturated carbocycles. The maximum atomic E-state index is 12.3. The van der Waals surface area contributed by atoms with Crippen molar-refractivity contribution in [1.29, 1.82) is 5.26 Å². The van der Waals surface area contributed by atoms with Crippen LogP contribution in [0.4, 0.5) is 0 Å². The van der Waals surface area contributed by atoms with Gasteiger partial charge in [-0.1, -0.05) is 0 Å². The average molecular weight is 247 g/mol. The highest BCUT2D eigenvalue weighted by atomic mass is 16.3. The fourth-order valence-electron chi connectivity index (χ4n) is 2.45. The van der Waals surface area contributed by atoms with Gasteiger partial charge in [-0.05, 0) is 31.7 Å². The van der Waals surface area contributed by atoms with Crippen molar-refractivity contribution in [3.05, 3.63) is 23.5 Å². The molecule has 2 heterocycles. The van der Waals surface area contributed by atoms with E-state index in [2.05, 4.69) is 4.98 Å². The second kappa shape index (κ2) is 5.69. The zero-order valence-corrected chi connectivity index (χ0v) is 10.2. The molecule has 96 valence electrons. The lowest BCUT2D eigenvalue weighted by Gasteiger charge is -2.35. The van der Waals surface area contributed by atoms with Crippen LogP contribution in [0.5, 0.6) is 0 Å². The summed E-state index contributed by atoms with van der Waals surface area (Å²) >= 11 is 0. The van der Waals surface area contributed by atoms with Gasteiger partial charge >= 0.3 is 0 Å². The second-order valence-electron chi connectivity index (χ2n) is 4.57. The van der Waals surface area contributed by atoms with E-state index in [1.807, 2.05) is 11.0 Å². The Kier molecular flexibility index (Phi) is 4.00. The van der Waals surface area contributed by atoms with Crippen molar-refractivity contribution < 1.29 is 9.90 Å². The Labute approximate surface area is 106 Å². The van der Waals surface area contributed by atoms with Crippen LogP contribution in [0.1, 0.15) is 41.7 Å². The number of nitrogens with one attached hydrogen (secondary N) is 1. The third kappa shape index (κ3) is 2.54. The van der Waals surface area contributed by atoms with E-state index in [-0.39, 0.29) is 18.6 Å². The number of hydrogen-bond acceptors (Lipinski definition) is 3. The smallest absolute Gasteiger partial charge is 0.270 e. The zero-order valence-electron chi connectivity index (χ0n) is 10.2. The number of nitriles is 1. The van der Waals surface area contributed by atoms with Gasteiger partial charge in [-0.25, -0.2) is 0 Å². The van der Waals surface area contributed by atoms with Gasteiger partial charge in [-0.15, -0.1) is 0 Å². The number of H-pyrrole nitrogens is 1. The largest absolute Gasteiger partial charge is 0.396 e. The molecule has 1 aromatic heterocycles. The molecule has 5 nitrogen and oxygen atoms in total. The van der Waals surface area contributed by atoms with Crippen LogP contribution in [-0.4, -0.2) is 40.1 Å². The average Bonchev–Trinajstić information content (AvgIpc) is 2.88. The Morgan fingerprint density at radius 2 is 2.44 bits per heavy atom. The summed E-state index contributed by atoms with van der Waals surface area (Å²) in [5.41, 5.74) is 0.922. The van der Waals surface area contributed by atoms with Crippen LogP contribution in [0, 0.1) is 11.3 Å². The maximum Gasteiger partial charge on any atom is 0.270 e. The number of rotatable bonds is 3. The maximum absolute atomic E-state index is 12.3. The molecule has 0 bridgehead atoms. The third-order valence-corrected chi connectivity index (χ3v) is 3.39. The lowest BCUT2D eigenvalue weighted by atomic mass is 9.99. The van der Waals surface area contributed by atoms with E-state index < -0.39 is 0 Å². The highest BCUT2D eigenvalue weighted by molar-refractivity contribution is 5.93. The zero-order chi connectivity index (χ0) is 13.0. The molecule has 1 amide bonds. The van der Waals surface area contributed by atoms with Crippen molar-refractivity contribution in [1.82, 2.24) is 9.88 Å². The standard InChI is InChI=1S/C13H17N3O2/c14-8-10-7-12(15-9-10)13(18)16-5-2-1-3-11(16)4-6-17/h7,9,11,15,17H,1-6H2. The lowest BCUT2D eigenvalue weighted by Crippen LogP contribution is -2.44. The quantitative estimate of drug-likeness (QED) is 0.844. The van der Waals surface area contributed by atoms with Crippen molar-refractivity contribution in [2.24, 2.45) is 0 Å². The number of aliphatic hydroxyl groups excluding tert-OH is 1. The van der Waals surface area contributed by atoms with E-state index in [0.29, 0.717) is 17.7 Å². The number of hydrogen-bond donors (Lipinski definition) is 2. The van der Waals surface area contributed by atoms with Crippen LogP contribution >= 0.6 is 0 Å². The predicted octanol–water partition coefficient (Wildman–Crippen LogP) is 1.26. The Morgan fingerprint density at radius 3 is 3.11 bits per heavy atom. The first-order valence-electron chi connectivity index (χ1n) is 6.26. The van der Waals surface area contributed by atoms with Crippen LogP contribution in [0.25, 0.3) is 0 Å². The van der Waals surface area contributed by atoms with Gasteiger partial charge < -0.3 is 15.0 Å². The summed E-state index contributed by atoms with van der Waals surface area (Å²) in [6.45, 7) is 0.826. The predicted molar refractivity (Wildman–Crippen MR) is 65.9 cm³/mol. The van der Waals surface area contributed by atoms with E-state index in [0.717, 1.165) is 25.8 Å². The summed E-state index contributed by atoms with van der Waals surface area (Å²) in [6, 6.07) is 3.69. The number of aromatic nitrogens is 1. The molecule has 1 aliphatic rings. The Hall–Kier alpha value is -1.80. The number of likely N-dealkylation sites (tertiary alicyclic amines) is 1. The summed E-state index contributed by atoms with van der Waals surface area (Å²) in [5.74, 6) is -0.0744. The fourth-order valence-corrected chi connectivity index (χ4v) is 2.45. The topological polar surface area (TPSA) is 80.1 Å². The minimum Gasteiger partial charge on any atom is -0.396 e. The van der Waals surface area contributed by atoms with Crippen LogP contribution in [0.2, 0.25) is 0 Å². The van der Waals surface area contributed by atoms with Crippen LogP contribution in [0.15, 0.2) is 12.3 Å². The molecule has 1 aromatic rings. The monoisotopic (exact) mass is 247 g/mol. The first kappa shape index (κ1) is 12.7. The van der Waals surface area contributed by atoms with Gasteiger partial charge in [0.25, 0.3) is 5.91 Å². The molecular weight excluding hydrogens is 230 g/mol. The number of amides is 1. The molecule has 1 unspecified atom stereocenters. The van der Waals surface area contributed by atoms with E-state index in [9.17, 15) is 4.79 Å². The van der Waals surface area contributed by atoms with E-state index in [4.69, 9.17) is 10.4 Å². The van der Waals surface area contributed by atoms with Crippen LogP contribution < -0.4 is 0 Å². The highest BCUT2D eigenvalue weighted by Gasteiger charge is 2.27. The Balaban J connectivity index is 2.13. The van der Waals surface area contributed by atoms with E-state index in [1.54, 1.807) is 6.07 Å². The fraction of sp³-hybridized carbons (Fsp3) is 0.538. The summed E-state index contributed by atoms with van der Waals surface area (Å²) in [7, 11) is 0. The molecule has 5 heteroatoms. The summed E-state index contributed by atoms with van der Waals surface area (Å²) in [6.07, 6.45) is 5.20. The molecule has 1 aliphatic heterocycles. The first-order valence-corrected chi connectivity index (χ1v) is 6.26. The minimum absolute atomic E-state index is 0.0744. The summed E-state index contributed by atoms with van der Waals surface area (Å²) < 4.78 is 0. The third-order valence-electron chi connectivity index (χ3n) is 3.39. The van der Waals surface area contributed by atoms with Crippen molar-refractivity contribution in [3.63, 3.8) is 0 Å². The second-order valence-corrected chi connectivity index (χ2v) is 4.57. The number of nitrogens with zero attached hydrogens (tertiary/aromatic N) is 2. The van der Waals surface area contributed by atoms with Gasteiger partial charge in [0, 0.05) is 25.4 Å². The van der Waals surface area contributed by atoms with Crippen molar-refractivity contribution in [3.8, 4) is 6.07 Å². The molecule has 0 spiro atoms. The van der Waals surface area contributed by atoms with Crippen LogP contribution in [-0.2, 0) is 0 Å². The van der Waals surface area contributed by atoms with E-state index in [1.165, 1.54) is 6.20 Å². The highest BCUT2D eigenvalue weighted by Crippen LogP contribution is 2.21. The van der Waals surface area contributed by atoms with Crippen molar-refractivity contribution in [2.75, 3.05) is 13.2 Å². The minimum atomic E-state index is -0.0744. The van der Waals surface area contributed by atoms with Gasteiger partial charge in [0.1, 0.15) is 11.8 Å². The summed E-state index contributed by atoms with van der Waals surface area (Å²) in [5, 5.41) is 17.8. The molecule has 0 aliphatic carbocycles. The van der Waals surface area contributed by atoms with Crippen molar-refractivity contribution in [2.45, 2.75) is 31.7 Å². The van der Waals surface area contributed by atoms with Gasteiger partial charge in [-0.3, -0.25) is 4.79 Å². The Bertz CT molecular complexity index is 459. The molecule has 2 rings (SSSR count). The molecule has 1 atom stereocenters. The SMILES string of the molecule is N#Cc1c[nH]c(C(=O)N2CCCCC2CCO)c1.